The van der Waals surface area contributed by atoms with Crippen molar-refractivity contribution in [2.45, 2.75) is 32.4 Å². The Labute approximate surface area is 75.8 Å². The van der Waals surface area contributed by atoms with Crippen LogP contribution in [-0.4, -0.2) is 49.3 Å². The number of aliphatic hydroxyl groups excluding tert-OH is 1. The zero-order chi connectivity index (χ0) is 9.56. The molecule has 0 aliphatic rings. The number of likely N-dealkylation sites (N-methyl/N-ethyl adjacent to an activating group) is 1. The molecule has 0 spiro atoms. The minimum absolute atomic E-state index is 0.195. The highest BCUT2D eigenvalue weighted by Gasteiger charge is 2.04. The number of hydrogen-bond acceptors (Lipinski definition) is 3. The monoisotopic (exact) mass is 174 g/mol. The molecular weight excluding hydrogens is 152 g/mol. The van der Waals surface area contributed by atoms with E-state index < -0.39 is 0 Å². The first kappa shape index (κ1) is 11.9. The van der Waals surface area contributed by atoms with Crippen LogP contribution in [0.5, 0.6) is 0 Å². The van der Waals surface area contributed by atoms with Crippen molar-refractivity contribution in [1.82, 2.24) is 10.2 Å². The van der Waals surface area contributed by atoms with Crippen molar-refractivity contribution < 1.29 is 5.11 Å². The standard InChI is InChI=1S/C9H22N2O/c1-5-9(12)7-10-6-8(2)11(3)4/h8-10,12H,5-7H2,1-4H3. The number of aliphatic hydroxyl groups is 1. The summed E-state index contributed by atoms with van der Waals surface area (Å²) in [4.78, 5) is 2.16. The molecule has 2 N–H and O–H groups in total. The maximum atomic E-state index is 9.23. The van der Waals surface area contributed by atoms with Crippen molar-refractivity contribution in [3.63, 3.8) is 0 Å². The van der Waals surface area contributed by atoms with Crippen LogP contribution >= 0.6 is 0 Å². The smallest absolute Gasteiger partial charge is 0.0662 e. The second-order valence-corrected chi connectivity index (χ2v) is 3.53. The van der Waals surface area contributed by atoms with Crippen LogP contribution in [0.15, 0.2) is 0 Å². The second-order valence-electron chi connectivity index (χ2n) is 3.53. The van der Waals surface area contributed by atoms with Gasteiger partial charge in [-0.25, -0.2) is 0 Å². The first-order valence-corrected chi connectivity index (χ1v) is 4.63. The van der Waals surface area contributed by atoms with E-state index in [1.54, 1.807) is 0 Å². The molecule has 2 atom stereocenters. The molecule has 0 rings (SSSR count). The summed E-state index contributed by atoms with van der Waals surface area (Å²) >= 11 is 0. The minimum atomic E-state index is -0.195. The Bertz CT molecular complexity index is 107. The first-order chi connectivity index (χ1) is 5.57. The van der Waals surface area contributed by atoms with E-state index in [1.807, 2.05) is 6.92 Å². The van der Waals surface area contributed by atoms with Crippen LogP contribution < -0.4 is 5.32 Å². The van der Waals surface area contributed by atoms with Crippen LogP contribution in [0.1, 0.15) is 20.3 Å². The van der Waals surface area contributed by atoms with Crippen LogP contribution in [0, 0.1) is 0 Å². The van der Waals surface area contributed by atoms with Crippen molar-refractivity contribution in [3.8, 4) is 0 Å². The summed E-state index contributed by atoms with van der Waals surface area (Å²) in [5.74, 6) is 0. The van der Waals surface area contributed by atoms with Crippen LogP contribution in [0.2, 0.25) is 0 Å². The predicted octanol–water partition coefficient (Wildman–Crippen LogP) is 0.297. The van der Waals surface area contributed by atoms with Gasteiger partial charge in [-0.05, 0) is 27.4 Å². The highest BCUT2D eigenvalue weighted by atomic mass is 16.3. The average molecular weight is 174 g/mol. The second kappa shape index (κ2) is 6.40. The molecule has 0 saturated carbocycles. The Hall–Kier alpha value is -0.120. The van der Waals surface area contributed by atoms with E-state index in [0.717, 1.165) is 13.0 Å². The minimum Gasteiger partial charge on any atom is -0.392 e. The number of hydrogen-bond donors (Lipinski definition) is 2. The fourth-order valence-corrected chi connectivity index (χ4v) is 0.786. The van der Waals surface area contributed by atoms with E-state index >= 15 is 0 Å². The van der Waals surface area contributed by atoms with Crippen LogP contribution in [0.25, 0.3) is 0 Å². The molecule has 12 heavy (non-hydrogen) atoms. The molecule has 74 valence electrons. The summed E-state index contributed by atoms with van der Waals surface area (Å²) in [6, 6.07) is 0.522. The fraction of sp³-hybridized carbons (Fsp3) is 1.00. The molecule has 0 heterocycles. The third kappa shape index (κ3) is 5.52. The van der Waals surface area contributed by atoms with E-state index in [9.17, 15) is 5.11 Å². The first-order valence-electron chi connectivity index (χ1n) is 4.63. The zero-order valence-corrected chi connectivity index (χ0v) is 8.67. The van der Waals surface area contributed by atoms with Crippen molar-refractivity contribution in [2.24, 2.45) is 0 Å². The maximum absolute atomic E-state index is 9.23. The van der Waals surface area contributed by atoms with E-state index in [-0.39, 0.29) is 6.10 Å². The van der Waals surface area contributed by atoms with Crippen molar-refractivity contribution >= 4 is 0 Å². The highest BCUT2D eigenvalue weighted by molar-refractivity contribution is 4.64. The van der Waals surface area contributed by atoms with Gasteiger partial charge in [0.15, 0.2) is 0 Å². The molecule has 0 radical (unpaired) electrons. The number of rotatable bonds is 6. The lowest BCUT2D eigenvalue weighted by atomic mass is 10.2. The Morgan fingerprint density at radius 2 is 1.92 bits per heavy atom. The Kier molecular flexibility index (Phi) is 6.34. The largest absolute Gasteiger partial charge is 0.392 e. The molecule has 2 unspecified atom stereocenters. The molecular formula is C9H22N2O. The van der Waals surface area contributed by atoms with Crippen molar-refractivity contribution in [3.05, 3.63) is 0 Å². The molecule has 0 amide bonds. The zero-order valence-electron chi connectivity index (χ0n) is 8.67. The molecule has 3 nitrogen and oxygen atoms in total. The third-order valence-electron chi connectivity index (χ3n) is 2.17. The van der Waals surface area contributed by atoms with Crippen molar-refractivity contribution in [2.75, 3.05) is 27.2 Å². The van der Waals surface area contributed by atoms with Crippen LogP contribution in [0.4, 0.5) is 0 Å². The molecule has 0 fully saturated rings. The fourth-order valence-electron chi connectivity index (χ4n) is 0.786. The average Bonchev–Trinajstić information content (AvgIpc) is 2.03. The maximum Gasteiger partial charge on any atom is 0.0662 e. The topological polar surface area (TPSA) is 35.5 Å². The number of nitrogens with zero attached hydrogens (tertiary/aromatic N) is 1. The quantitative estimate of drug-likeness (QED) is 0.608. The predicted molar refractivity (Wildman–Crippen MR) is 52.3 cm³/mol. The molecule has 0 saturated heterocycles. The van der Waals surface area contributed by atoms with Gasteiger partial charge in [0.25, 0.3) is 0 Å². The molecule has 0 aromatic carbocycles. The van der Waals surface area contributed by atoms with E-state index in [1.165, 1.54) is 0 Å². The summed E-state index contributed by atoms with van der Waals surface area (Å²) in [7, 11) is 4.12. The van der Waals surface area contributed by atoms with Crippen LogP contribution in [-0.2, 0) is 0 Å². The summed E-state index contributed by atoms with van der Waals surface area (Å²) in [6.45, 7) is 5.78. The highest BCUT2D eigenvalue weighted by Crippen LogP contribution is 1.90. The van der Waals surface area contributed by atoms with Gasteiger partial charge in [-0.2, -0.15) is 0 Å². The van der Waals surface area contributed by atoms with Crippen LogP contribution in [0.3, 0.4) is 0 Å². The Balaban J connectivity index is 3.30. The van der Waals surface area contributed by atoms with Gasteiger partial charge >= 0.3 is 0 Å². The SMILES string of the molecule is CCC(O)CNCC(C)N(C)C. The Morgan fingerprint density at radius 3 is 2.33 bits per heavy atom. The van der Waals surface area contributed by atoms with Gasteiger partial charge in [0.2, 0.25) is 0 Å². The lowest BCUT2D eigenvalue weighted by Gasteiger charge is -2.20. The van der Waals surface area contributed by atoms with E-state index in [0.29, 0.717) is 12.6 Å². The molecule has 3 heteroatoms. The van der Waals surface area contributed by atoms with Gasteiger partial charge < -0.3 is 15.3 Å². The summed E-state index contributed by atoms with van der Waals surface area (Å²) < 4.78 is 0. The van der Waals surface area contributed by atoms with E-state index in [4.69, 9.17) is 0 Å². The molecule has 0 aliphatic heterocycles. The molecule has 0 aliphatic carbocycles. The summed E-state index contributed by atoms with van der Waals surface area (Å²) in [5, 5.41) is 12.5. The van der Waals surface area contributed by atoms with Gasteiger partial charge in [0.1, 0.15) is 0 Å². The van der Waals surface area contributed by atoms with E-state index in [2.05, 4.69) is 31.2 Å². The van der Waals surface area contributed by atoms with Gasteiger partial charge in [0, 0.05) is 19.1 Å². The van der Waals surface area contributed by atoms with Gasteiger partial charge in [-0.3, -0.25) is 0 Å². The normalized spacial score (nSPS) is 16.5. The number of nitrogens with one attached hydrogen (secondary N) is 1. The van der Waals surface area contributed by atoms with Gasteiger partial charge in [-0.15, -0.1) is 0 Å². The van der Waals surface area contributed by atoms with Gasteiger partial charge in [-0.1, -0.05) is 6.92 Å². The van der Waals surface area contributed by atoms with Gasteiger partial charge in [0.05, 0.1) is 6.10 Å². The van der Waals surface area contributed by atoms with Crippen molar-refractivity contribution in [1.29, 1.82) is 0 Å². The summed E-state index contributed by atoms with van der Waals surface area (Å²) in [5.41, 5.74) is 0. The Morgan fingerprint density at radius 1 is 1.33 bits per heavy atom. The molecule has 0 bridgehead atoms. The molecule has 0 aromatic heterocycles. The lowest BCUT2D eigenvalue weighted by molar-refractivity contribution is 0.163. The third-order valence-corrected chi connectivity index (χ3v) is 2.17. The lowest BCUT2D eigenvalue weighted by Crippen LogP contribution is -2.38. The summed E-state index contributed by atoms with van der Waals surface area (Å²) in [6.07, 6.45) is 0.628. The molecule has 0 aromatic rings.